The molecule has 0 amide bonds. The Bertz CT molecular complexity index is 423. The largest absolute Gasteiger partial charge is 0.462 e. The van der Waals surface area contributed by atoms with Crippen molar-refractivity contribution in [2.75, 3.05) is 0 Å². The monoisotopic (exact) mass is 289 g/mol. The zero-order valence-corrected chi connectivity index (χ0v) is 12.6. The van der Waals surface area contributed by atoms with E-state index in [1.165, 1.54) is 0 Å². The summed E-state index contributed by atoms with van der Waals surface area (Å²) in [5.74, 6) is 0.605. The number of fused-ring (bicyclic) bond motifs is 1. The number of ether oxygens (including phenoxy) is 2. The van der Waals surface area contributed by atoms with Crippen LogP contribution in [0.2, 0.25) is 0 Å². The van der Waals surface area contributed by atoms with E-state index in [-0.39, 0.29) is 5.92 Å². The smallest absolute Gasteiger partial charge is 0.307 e. The van der Waals surface area contributed by atoms with Crippen LogP contribution in [-0.4, -0.2) is 13.2 Å². The molecule has 0 fully saturated rings. The molecule has 5 heteroatoms. The van der Waals surface area contributed by atoms with E-state index in [0.29, 0.717) is 6.61 Å². The summed E-state index contributed by atoms with van der Waals surface area (Å²) < 4.78 is 11.7. The summed E-state index contributed by atoms with van der Waals surface area (Å²) in [5, 5.41) is 0.970. The first-order valence-electron chi connectivity index (χ1n) is 5.56. The second kappa shape index (κ2) is 4.80. The number of hydrogen-bond donors (Lipinski definition) is 0. The van der Waals surface area contributed by atoms with Crippen molar-refractivity contribution in [2.45, 2.75) is 33.2 Å². The lowest BCUT2D eigenvalue weighted by Gasteiger charge is -2.38. The molecule has 1 aliphatic heterocycles. The van der Waals surface area contributed by atoms with Crippen molar-refractivity contribution in [2.24, 2.45) is 5.92 Å². The lowest BCUT2D eigenvalue weighted by molar-refractivity contribution is -0.219. The van der Waals surface area contributed by atoms with Crippen LogP contribution in [0.5, 0.6) is 5.75 Å². The standard InChI is InChI=1S/C12H15Cl2O2Si/c1-8(2)12(3)15-7-9-6-10(17(13)14)4-5-11(9)16-12/h4-6,8H,7H2,1-3H3. The summed E-state index contributed by atoms with van der Waals surface area (Å²) in [5.41, 5.74) is 1.02. The van der Waals surface area contributed by atoms with Gasteiger partial charge in [-0.3, -0.25) is 0 Å². The molecule has 0 saturated carbocycles. The van der Waals surface area contributed by atoms with Gasteiger partial charge in [-0.1, -0.05) is 26.0 Å². The van der Waals surface area contributed by atoms with Crippen LogP contribution in [0.3, 0.4) is 0 Å². The molecule has 1 aromatic carbocycles. The van der Waals surface area contributed by atoms with Gasteiger partial charge in [0.1, 0.15) is 5.75 Å². The Hall–Kier alpha value is -0.223. The topological polar surface area (TPSA) is 18.5 Å². The third-order valence-corrected chi connectivity index (χ3v) is 5.21. The van der Waals surface area contributed by atoms with Crippen LogP contribution in [0.15, 0.2) is 18.2 Å². The van der Waals surface area contributed by atoms with Gasteiger partial charge >= 0.3 is 7.42 Å². The summed E-state index contributed by atoms with van der Waals surface area (Å²) in [6.07, 6.45) is 0. The average molecular weight is 290 g/mol. The molecule has 0 bridgehead atoms. The minimum Gasteiger partial charge on any atom is -0.462 e. The summed E-state index contributed by atoms with van der Waals surface area (Å²) in [6.45, 7) is 6.67. The maximum Gasteiger partial charge on any atom is 0.307 e. The van der Waals surface area contributed by atoms with Crippen LogP contribution in [0, 0.1) is 5.92 Å². The Kier molecular flexibility index (Phi) is 3.73. The first-order valence-corrected chi connectivity index (χ1v) is 9.09. The molecule has 0 spiro atoms. The highest BCUT2D eigenvalue weighted by Gasteiger charge is 2.36. The summed E-state index contributed by atoms with van der Waals surface area (Å²) in [7, 11) is -1.46. The Morgan fingerprint density at radius 3 is 2.65 bits per heavy atom. The highest BCUT2D eigenvalue weighted by molar-refractivity contribution is 7.39. The van der Waals surface area contributed by atoms with Crippen molar-refractivity contribution >= 4 is 34.8 Å². The molecule has 0 aliphatic carbocycles. The number of rotatable bonds is 2. The van der Waals surface area contributed by atoms with Crippen LogP contribution in [0.4, 0.5) is 0 Å². The van der Waals surface area contributed by atoms with Gasteiger partial charge < -0.3 is 9.47 Å². The molecule has 1 atom stereocenters. The van der Waals surface area contributed by atoms with Crippen molar-refractivity contribution in [1.82, 2.24) is 0 Å². The first kappa shape index (κ1) is 13.2. The third kappa shape index (κ3) is 2.62. The SMILES string of the molecule is CC(C)C1(C)OCc2cc([Si](Cl)Cl)ccc2O1. The molecular weight excluding hydrogens is 275 g/mol. The second-order valence-electron chi connectivity index (χ2n) is 4.64. The van der Waals surface area contributed by atoms with Gasteiger partial charge in [-0.15, -0.1) is 22.2 Å². The van der Waals surface area contributed by atoms with Gasteiger partial charge in [0.05, 0.1) is 6.61 Å². The summed E-state index contributed by atoms with van der Waals surface area (Å²) in [4.78, 5) is 0. The lowest BCUT2D eigenvalue weighted by Crippen LogP contribution is -2.44. The Labute approximate surface area is 113 Å². The highest BCUT2D eigenvalue weighted by atomic mass is 35.7. The fourth-order valence-electron chi connectivity index (χ4n) is 1.66. The maximum atomic E-state index is 5.94. The van der Waals surface area contributed by atoms with E-state index in [0.717, 1.165) is 16.5 Å². The molecule has 17 heavy (non-hydrogen) atoms. The molecule has 0 aromatic heterocycles. The van der Waals surface area contributed by atoms with E-state index in [4.69, 9.17) is 31.6 Å². The van der Waals surface area contributed by atoms with Gasteiger partial charge in [0, 0.05) is 18.4 Å². The van der Waals surface area contributed by atoms with Gasteiger partial charge in [0.15, 0.2) is 0 Å². The molecule has 0 saturated heterocycles. The van der Waals surface area contributed by atoms with Gasteiger partial charge in [-0.05, 0) is 11.3 Å². The normalized spacial score (nSPS) is 23.7. The van der Waals surface area contributed by atoms with Crippen molar-refractivity contribution in [3.63, 3.8) is 0 Å². The minimum absolute atomic E-state index is 0.288. The minimum atomic E-state index is -1.46. The molecular formula is C12H15Cl2O2Si. The summed E-state index contributed by atoms with van der Waals surface area (Å²) in [6, 6.07) is 5.84. The van der Waals surface area contributed by atoms with Crippen LogP contribution in [-0.2, 0) is 11.3 Å². The van der Waals surface area contributed by atoms with E-state index < -0.39 is 13.2 Å². The third-order valence-electron chi connectivity index (χ3n) is 3.15. The predicted octanol–water partition coefficient (Wildman–Crippen LogP) is 3.14. The van der Waals surface area contributed by atoms with E-state index in [2.05, 4.69) is 13.8 Å². The maximum absolute atomic E-state index is 5.94. The Morgan fingerprint density at radius 2 is 2.06 bits per heavy atom. The predicted molar refractivity (Wildman–Crippen MR) is 72.2 cm³/mol. The number of hydrogen-bond acceptors (Lipinski definition) is 2. The number of halogens is 2. The Morgan fingerprint density at radius 1 is 1.35 bits per heavy atom. The molecule has 1 aromatic rings. The lowest BCUT2D eigenvalue weighted by atomic mass is 10.0. The van der Waals surface area contributed by atoms with Gasteiger partial charge in [-0.25, -0.2) is 0 Å². The zero-order valence-electron chi connectivity index (χ0n) is 10.1. The van der Waals surface area contributed by atoms with Crippen molar-refractivity contribution in [1.29, 1.82) is 0 Å². The summed E-state index contributed by atoms with van der Waals surface area (Å²) >= 11 is 11.9. The van der Waals surface area contributed by atoms with Crippen molar-refractivity contribution in [3.8, 4) is 5.75 Å². The molecule has 1 aliphatic rings. The fraction of sp³-hybridized carbons (Fsp3) is 0.500. The average Bonchev–Trinajstić information content (AvgIpc) is 2.28. The molecule has 1 unspecified atom stereocenters. The van der Waals surface area contributed by atoms with Crippen LogP contribution in [0.25, 0.3) is 0 Å². The van der Waals surface area contributed by atoms with Crippen molar-refractivity contribution < 1.29 is 9.47 Å². The Balaban J connectivity index is 2.29. The molecule has 93 valence electrons. The first-order chi connectivity index (χ1) is 7.92. The molecule has 1 heterocycles. The molecule has 0 N–H and O–H groups in total. The van der Waals surface area contributed by atoms with E-state index in [1.807, 2.05) is 25.1 Å². The van der Waals surface area contributed by atoms with Gasteiger partial charge in [0.25, 0.3) is 0 Å². The molecule has 2 rings (SSSR count). The molecule has 1 radical (unpaired) electrons. The quantitative estimate of drug-likeness (QED) is 0.615. The van der Waals surface area contributed by atoms with Gasteiger partial charge in [0.2, 0.25) is 5.79 Å². The van der Waals surface area contributed by atoms with E-state index in [9.17, 15) is 0 Å². The second-order valence-corrected chi connectivity index (χ2v) is 8.59. The van der Waals surface area contributed by atoms with Gasteiger partial charge in [-0.2, -0.15) is 0 Å². The van der Waals surface area contributed by atoms with Crippen LogP contribution in [0.1, 0.15) is 26.3 Å². The van der Waals surface area contributed by atoms with E-state index >= 15 is 0 Å². The molecule has 2 nitrogen and oxygen atoms in total. The van der Waals surface area contributed by atoms with Crippen LogP contribution < -0.4 is 9.92 Å². The zero-order chi connectivity index (χ0) is 12.6. The van der Waals surface area contributed by atoms with Crippen molar-refractivity contribution in [3.05, 3.63) is 23.8 Å². The van der Waals surface area contributed by atoms with E-state index in [1.54, 1.807) is 0 Å². The fourth-order valence-corrected chi connectivity index (χ4v) is 2.86. The van der Waals surface area contributed by atoms with Crippen LogP contribution >= 0.6 is 22.2 Å². The highest BCUT2D eigenvalue weighted by Crippen LogP contribution is 2.34. The number of benzene rings is 1.